The summed E-state index contributed by atoms with van der Waals surface area (Å²) in [5.74, 6) is -2.15. The Kier molecular flexibility index (Phi) is 5.52. The smallest absolute Gasteiger partial charge is 0.308 e. The summed E-state index contributed by atoms with van der Waals surface area (Å²) in [6, 6.07) is -1.29. The van der Waals surface area contributed by atoms with Crippen LogP contribution in [0.25, 0.3) is 0 Å². The minimum Gasteiger partial charge on any atom is -0.481 e. The van der Waals surface area contributed by atoms with Gasteiger partial charge in [-0.3, -0.25) is 9.59 Å². The van der Waals surface area contributed by atoms with Crippen molar-refractivity contribution in [1.29, 1.82) is 0 Å². The van der Waals surface area contributed by atoms with Gasteiger partial charge in [-0.05, 0) is 26.7 Å². The largest absolute Gasteiger partial charge is 0.481 e. The first-order chi connectivity index (χ1) is 9.14. The minimum absolute atomic E-state index is 0.333. The molecule has 1 saturated heterocycles. The normalized spacial score (nSPS) is 23.9. The van der Waals surface area contributed by atoms with E-state index in [9.17, 15) is 18.0 Å². The van der Waals surface area contributed by atoms with Crippen LogP contribution in [0.1, 0.15) is 33.1 Å². The Balaban J connectivity index is 2.76. The zero-order valence-corrected chi connectivity index (χ0v) is 12.8. The van der Waals surface area contributed by atoms with E-state index >= 15 is 0 Å². The molecule has 0 saturated carbocycles. The van der Waals surface area contributed by atoms with E-state index in [1.807, 2.05) is 0 Å². The lowest BCUT2D eigenvalue weighted by Gasteiger charge is -2.33. The number of carbonyl (C=O) groups excluding carboxylic acids is 1. The standard InChI is InChI=1S/C12H22N2O5S/c1-8(12(16)17)9(2)13-11(15)10-6-4-5-7-14(10)20(3,18)19/h8-10H,4-7H2,1-3H3,(H,13,15)(H,16,17). The summed E-state index contributed by atoms with van der Waals surface area (Å²) < 4.78 is 24.6. The van der Waals surface area contributed by atoms with Crippen molar-refractivity contribution in [2.75, 3.05) is 12.8 Å². The summed E-state index contributed by atoms with van der Waals surface area (Å²) in [6.45, 7) is 3.44. The lowest BCUT2D eigenvalue weighted by Crippen LogP contribution is -2.54. The van der Waals surface area contributed by atoms with Crippen LogP contribution >= 0.6 is 0 Å². The second-order valence-corrected chi connectivity index (χ2v) is 7.24. The van der Waals surface area contributed by atoms with Crippen molar-refractivity contribution in [2.45, 2.75) is 45.2 Å². The van der Waals surface area contributed by atoms with E-state index in [-0.39, 0.29) is 0 Å². The molecule has 3 unspecified atom stereocenters. The Morgan fingerprint density at radius 2 is 1.90 bits per heavy atom. The Morgan fingerprint density at radius 3 is 2.40 bits per heavy atom. The number of nitrogens with one attached hydrogen (secondary N) is 1. The van der Waals surface area contributed by atoms with Crippen LogP contribution < -0.4 is 5.32 Å². The maximum Gasteiger partial charge on any atom is 0.308 e. The lowest BCUT2D eigenvalue weighted by molar-refractivity contribution is -0.142. The van der Waals surface area contributed by atoms with E-state index < -0.39 is 39.9 Å². The SMILES string of the molecule is CC(NC(=O)C1CCCCN1S(C)(=O)=O)C(C)C(=O)O. The van der Waals surface area contributed by atoms with Gasteiger partial charge >= 0.3 is 5.97 Å². The molecule has 1 amide bonds. The molecule has 1 rings (SSSR count). The zero-order chi connectivity index (χ0) is 15.5. The van der Waals surface area contributed by atoms with Gasteiger partial charge in [0.25, 0.3) is 0 Å². The maximum absolute atomic E-state index is 12.2. The average molecular weight is 306 g/mol. The van der Waals surface area contributed by atoms with E-state index in [1.165, 1.54) is 11.2 Å². The summed E-state index contributed by atoms with van der Waals surface area (Å²) in [7, 11) is -3.44. The van der Waals surface area contributed by atoms with Crippen LogP contribution in [0.15, 0.2) is 0 Å². The summed E-state index contributed by atoms with van der Waals surface area (Å²) in [4.78, 5) is 23.0. The van der Waals surface area contributed by atoms with Crippen LogP contribution in [0.5, 0.6) is 0 Å². The fraction of sp³-hybridized carbons (Fsp3) is 0.833. The molecule has 1 aliphatic heterocycles. The molecule has 0 aromatic heterocycles. The molecule has 0 aromatic carbocycles. The monoisotopic (exact) mass is 306 g/mol. The number of nitrogens with zero attached hydrogens (tertiary/aromatic N) is 1. The van der Waals surface area contributed by atoms with Gasteiger partial charge in [-0.25, -0.2) is 8.42 Å². The van der Waals surface area contributed by atoms with Crippen LogP contribution in [-0.4, -0.2) is 54.6 Å². The predicted molar refractivity (Wildman–Crippen MR) is 73.6 cm³/mol. The minimum atomic E-state index is -3.44. The first-order valence-corrected chi connectivity index (χ1v) is 8.49. The van der Waals surface area contributed by atoms with Gasteiger partial charge in [-0.15, -0.1) is 0 Å². The van der Waals surface area contributed by atoms with Gasteiger partial charge in [-0.1, -0.05) is 6.42 Å². The number of amides is 1. The number of carbonyl (C=O) groups is 2. The predicted octanol–water partition coefficient (Wildman–Crippen LogP) is 0.0259. The van der Waals surface area contributed by atoms with Crippen LogP contribution in [0.4, 0.5) is 0 Å². The summed E-state index contributed by atoms with van der Waals surface area (Å²) in [5.41, 5.74) is 0. The summed E-state index contributed by atoms with van der Waals surface area (Å²) in [5, 5.41) is 11.5. The van der Waals surface area contributed by atoms with Crippen molar-refractivity contribution < 1.29 is 23.1 Å². The molecule has 116 valence electrons. The molecular weight excluding hydrogens is 284 g/mol. The molecule has 3 atom stereocenters. The molecule has 0 radical (unpaired) electrons. The molecule has 1 heterocycles. The molecule has 0 aromatic rings. The van der Waals surface area contributed by atoms with Crippen molar-refractivity contribution in [1.82, 2.24) is 9.62 Å². The highest BCUT2D eigenvalue weighted by atomic mass is 32.2. The quantitative estimate of drug-likeness (QED) is 0.745. The van der Waals surface area contributed by atoms with Gasteiger partial charge < -0.3 is 10.4 Å². The number of carboxylic acids is 1. The van der Waals surface area contributed by atoms with Crippen molar-refractivity contribution in [3.63, 3.8) is 0 Å². The summed E-state index contributed by atoms with van der Waals surface area (Å²) in [6.07, 6.45) is 3.07. The highest BCUT2D eigenvalue weighted by Crippen LogP contribution is 2.20. The van der Waals surface area contributed by atoms with Gasteiger partial charge in [-0.2, -0.15) is 4.31 Å². The van der Waals surface area contributed by atoms with Crippen LogP contribution in [-0.2, 0) is 19.6 Å². The van der Waals surface area contributed by atoms with Gasteiger partial charge in [0.15, 0.2) is 0 Å². The number of carboxylic acid groups (broad SMARTS) is 1. The molecule has 20 heavy (non-hydrogen) atoms. The molecule has 0 aliphatic carbocycles. The lowest BCUT2D eigenvalue weighted by atomic mass is 10.0. The van der Waals surface area contributed by atoms with Crippen molar-refractivity contribution in [3.8, 4) is 0 Å². The number of sulfonamides is 1. The number of hydrogen-bond acceptors (Lipinski definition) is 4. The number of hydrogen-bond donors (Lipinski definition) is 2. The number of piperidine rings is 1. The van der Waals surface area contributed by atoms with Gasteiger partial charge in [0.1, 0.15) is 6.04 Å². The van der Waals surface area contributed by atoms with E-state index in [2.05, 4.69) is 5.32 Å². The second kappa shape index (κ2) is 6.53. The van der Waals surface area contributed by atoms with Gasteiger partial charge in [0, 0.05) is 12.6 Å². The van der Waals surface area contributed by atoms with Crippen molar-refractivity contribution >= 4 is 21.9 Å². The van der Waals surface area contributed by atoms with Crippen LogP contribution in [0.3, 0.4) is 0 Å². The first-order valence-electron chi connectivity index (χ1n) is 6.64. The first kappa shape index (κ1) is 16.9. The highest BCUT2D eigenvalue weighted by molar-refractivity contribution is 7.88. The van der Waals surface area contributed by atoms with Crippen LogP contribution in [0.2, 0.25) is 0 Å². The fourth-order valence-corrected chi connectivity index (χ4v) is 3.35. The number of rotatable bonds is 5. The fourth-order valence-electron chi connectivity index (χ4n) is 2.22. The maximum atomic E-state index is 12.2. The third kappa shape index (κ3) is 4.17. The molecule has 8 heteroatoms. The Hall–Kier alpha value is -1.15. The molecule has 2 N–H and O–H groups in total. The Labute approximate surface area is 119 Å². The second-order valence-electron chi connectivity index (χ2n) is 5.31. The van der Waals surface area contributed by atoms with E-state index in [1.54, 1.807) is 6.92 Å². The average Bonchev–Trinajstić information content (AvgIpc) is 2.36. The molecule has 0 spiro atoms. The third-order valence-electron chi connectivity index (χ3n) is 3.69. The molecule has 0 bridgehead atoms. The van der Waals surface area contributed by atoms with Gasteiger partial charge in [0.05, 0.1) is 12.2 Å². The van der Waals surface area contributed by atoms with Crippen molar-refractivity contribution in [3.05, 3.63) is 0 Å². The van der Waals surface area contributed by atoms with Crippen LogP contribution in [0, 0.1) is 5.92 Å². The molecular formula is C12H22N2O5S. The topological polar surface area (TPSA) is 104 Å². The zero-order valence-electron chi connectivity index (χ0n) is 12.0. The van der Waals surface area contributed by atoms with E-state index in [0.29, 0.717) is 13.0 Å². The van der Waals surface area contributed by atoms with Gasteiger partial charge in [0.2, 0.25) is 15.9 Å². The third-order valence-corrected chi connectivity index (χ3v) is 4.98. The molecule has 1 aliphatic rings. The highest BCUT2D eigenvalue weighted by Gasteiger charge is 2.35. The Bertz CT molecular complexity index is 476. The van der Waals surface area contributed by atoms with E-state index in [4.69, 9.17) is 5.11 Å². The van der Waals surface area contributed by atoms with E-state index in [0.717, 1.165) is 19.1 Å². The summed E-state index contributed by atoms with van der Waals surface area (Å²) >= 11 is 0. The number of aliphatic carboxylic acids is 1. The van der Waals surface area contributed by atoms with Crippen molar-refractivity contribution in [2.24, 2.45) is 5.92 Å². The molecule has 7 nitrogen and oxygen atoms in total. The Morgan fingerprint density at radius 1 is 1.30 bits per heavy atom. The molecule has 1 fully saturated rings.